The molecule has 0 saturated carbocycles. The number of hydrogen-bond donors (Lipinski definition) is 0. The molecule has 2 aliphatic heterocycles. The Bertz CT molecular complexity index is 4440. The molecular formula is C89H94N4O18Si. The van der Waals surface area contributed by atoms with E-state index in [1.54, 1.807) is 89.8 Å². The third-order valence-electron chi connectivity index (χ3n) is 19.3. The normalized spacial score (nSPS) is 19.5. The lowest BCUT2D eigenvalue weighted by Gasteiger charge is -2.50. The van der Waals surface area contributed by atoms with Gasteiger partial charge in [0.05, 0.1) is 42.9 Å². The Kier molecular flexibility index (Phi) is 30.3. The third kappa shape index (κ3) is 22.9. The van der Waals surface area contributed by atoms with E-state index < -0.39 is 111 Å². The number of unbranched alkanes of at least 4 members (excludes halogenated alkanes) is 2. The molecule has 23 heteroatoms. The van der Waals surface area contributed by atoms with Crippen molar-refractivity contribution in [2.24, 2.45) is 5.11 Å². The second kappa shape index (κ2) is 41.4. The van der Waals surface area contributed by atoms with Crippen molar-refractivity contribution in [2.75, 3.05) is 26.4 Å². The average Bonchev–Trinajstić information content (AvgIpc) is 0.746. The molecule has 0 spiro atoms. The van der Waals surface area contributed by atoms with E-state index in [4.69, 9.17) is 56.5 Å². The van der Waals surface area contributed by atoms with E-state index in [-0.39, 0.29) is 75.9 Å². The molecular weight excluding hydrogens is 1440 g/mol. The number of ketones is 1. The highest BCUT2D eigenvalue weighted by Crippen LogP contribution is 2.41. The van der Waals surface area contributed by atoms with Crippen molar-refractivity contribution in [3.63, 3.8) is 0 Å². The van der Waals surface area contributed by atoms with Gasteiger partial charge in [-0.1, -0.05) is 256 Å². The maximum absolute atomic E-state index is 15.0. The van der Waals surface area contributed by atoms with Crippen molar-refractivity contribution in [2.45, 2.75) is 159 Å². The van der Waals surface area contributed by atoms with Crippen molar-refractivity contribution >= 4 is 54.4 Å². The van der Waals surface area contributed by atoms with Crippen molar-refractivity contribution in [1.82, 2.24) is 4.90 Å². The summed E-state index contributed by atoms with van der Waals surface area (Å²) in [6.07, 6.45) is -12.6. The van der Waals surface area contributed by atoms with Crippen LogP contribution in [0.4, 0.5) is 4.79 Å². The van der Waals surface area contributed by atoms with Crippen LogP contribution in [0.15, 0.2) is 272 Å². The van der Waals surface area contributed by atoms with Gasteiger partial charge in [-0.15, -0.1) is 0 Å². The number of rotatable bonds is 37. The van der Waals surface area contributed by atoms with Crippen molar-refractivity contribution in [1.29, 1.82) is 0 Å². The Hall–Kier alpha value is -11.0. The molecule has 582 valence electrons. The number of nitrogens with zero attached hydrogens (tertiary/aromatic N) is 4. The van der Waals surface area contributed by atoms with Crippen LogP contribution in [0.3, 0.4) is 0 Å². The van der Waals surface area contributed by atoms with Crippen LogP contribution < -0.4 is 10.4 Å². The number of carbonyl (C=O) groups is 6. The van der Waals surface area contributed by atoms with Crippen molar-refractivity contribution in [3.8, 4) is 0 Å². The topological polar surface area (TPSA) is 265 Å². The zero-order valence-corrected chi connectivity index (χ0v) is 64.2. The molecule has 0 unspecified atom stereocenters. The molecule has 10 atom stereocenters. The first-order valence-electron chi connectivity index (χ1n) is 37.6. The summed E-state index contributed by atoms with van der Waals surface area (Å²) < 4.78 is 81.0. The quantitative estimate of drug-likeness (QED) is 0.00666. The molecule has 11 rings (SSSR count). The van der Waals surface area contributed by atoms with E-state index in [0.29, 0.717) is 36.9 Å². The largest absolute Gasteiger partial charge is 0.459 e. The Morgan fingerprint density at radius 1 is 0.446 bits per heavy atom. The van der Waals surface area contributed by atoms with Crippen molar-refractivity contribution < 1.29 is 85.3 Å². The molecule has 22 nitrogen and oxygen atoms in total. The standard InChI is InChI=1S/C89H94N4O18Si/c1-63(94)48-53-76(95)109-78-74(61-104-84(97)70-40-22-9-23-41-70)107-86(77(91-92-90)80(78)101-57-65-34-16-6-17-35-65)111-79-75(62-106-112(89(2,3)4,72-44-26-11-27-45-72)73-46-28-12-29-47-73)108-87(82(110-85(98)71-42-24-10-25-43-71)81(79)102-58-66-36-18-7-19-37-66)100-55-31-13-30-54-93(56-64-32-14-5-15-33-64)88(99)105-60-68-51-49-67(50-52-68)59-103-83(96)69-38-20-8-21-39-69/h5-12,14-29,32-47,49-52,74-75,77-82,86-87H,13,30-31,48,53-62H2,1-4H3/t74-,75+,77-,78-,79-,80-,81+,82-,86-,87-/m1/s1. The van der Waals surface area contributed by atoms with Gasteiger partial charge < -0.3 is 66.2 Å². The molecule has 2 heterocycles. The van der Waals surface area contributed by atoms with Gasteiger partial charge in [-0.3, -0.25) is 4.79 Å². The molecule has 2 saturated heterocycles. The fraction of sp³-hybridized carbons (Fsp3) is 0.326. The number of carbonyl (C=O) groups excluding carboxylic acids is 6. The minimum Gasteiger partial charge on any atom is -0.459 e. The van der Waals surface area contributed by atoms with Gasteiger partial charge in [-0.2, -0.15) is 0 Å². The summed E-state index contributed by atoms with van der Waals surface area (Å²) in [5.41, 5.74) is 15.4. The summed E-state index contributed by atoms with van der Waals surface area (Å²) in [7, 11) is -3.51. The SMILES string of the molecule is CC(=O)CCC(=O)O[C@H]1[C@H](OCc2ccccc2)[C@@H](N=[N+]=[N-])[C@@H](O[C@H]2[C@H](OCc3ccccc3)[C@@H](OC(=O)c3ccccc3)[C@H](OCCCCCN(Cc3ccccc3)C(=O)OCc3ccc(COC(=O)c4ccccc4)cc3)O[C@H]2CO[Si](c2ccccc2)(c2ccccc2)C(C)(C)C)O[C@@H]1COC(=O)c1ccccc1. The summed E-state index contributed by atoms with van der Waals surface area (Å²) in [5.74, 6) is -3.02. The number of hydrogen-bond acceptors (Lipinski definition) is 19. The number of benzene rings is 9. The lowest BCUT2D eigenvalue weighted by atomic mass is 9.95. The minimum atomic E-state index is -3.51. The molecule has 0 radical (unpaired) electrons. The monoisotopic (exact) mass is 1530 g/mol. The zero-order valence-electron chi connectivity index (χ0n) is 63.2. The smallest absolute Gasteiger partial charge is 0.410 e. The predicted octanol–water partition coefficient (Wildman–Crippen LogP) is 15.0. The van der Waals surface area contributed by atoms with Gasteiger partial charge in [0.15, 0.2) is 24.8 Å². The van der Waals surface area contributed by atoms with Gasteiger partial charge in [-0.25, -0.2) is 19.2 Å². The van der Waals surface area contributed by atoms with Gasteiger partial charge in [0.2, 0.25) is 0 Å². The highest BCUT2D eigenvalue weighted by atomic mass is 28.4. The van der Waals surface area contributed by atoms with Crippen LogP contribution in [0.25, 0.3) is 10.4 Å². The minimum absolute atomic E-state index is 0.00840. The van der Waals surface area contributed by atoms with E-state index in [1.165, 1.54) is 6.92 Å². The fourth-order valence-electron chi connectivity index (χ4n) is 13.6. The summed E-state index contributed by atoms with van der Waals surface area (Å²) >= 11 is 0. The summed E-state index contributed by atoms with van der Waals surface area (Å²) in [4.78, 5) is 87.2. The predicted molar refractivity (Wildman–Crippen MR) is 420 cm³/mol. The number of azide groups is 1. The maximum Gasteiger partial charge on any atom is 0.410 e. The Labute approximate surface area is 653 Å². The molecule has 9 aromatic carbocycles. The number of esters is 4. The maximum atomic E-state index is 15.0. The van der Waals surface area contributed by atoms with E-state index >= 15 is 0 Å². The van der Waals surface area contributed by atoms with Gasteiger partial charge >= 0.3 is 30.0 Å². The first kappa shape index (κ1) is 82.0. The molecule has 0 bridgehead atoms. The Balaban J connectivity index is 0.936. The second-order valence-electron chi connectivity index (χ2n) is 28.4. The number of amides is 1. The van der Waals surface area contributed by atoms with Crippen LogP contribution in [0.1, 0.15) is 119 Å². The van der Waals surface area contributed by atoms with Gasteiger partial charge in [-0.05, 0) is 111 Å². The Morgan fingerprint density at radius 2 is 0.902 bits per heavy atom. The summed E-state index contributed by atoms with van der Waals surface area (Å²) in [6, 6.07) is 79.3. The molecule has 112 heavy (non-hydrogen) atoms. The molecule has 9 aromatic rings. The molecule has 0 N–H and O–H groups in total. The summed E-state index contributed by atoms with van der Waals surface area (Å²) in [5, 5.41) is 5.64. The molecule has 2 aliphatic rings. The summed E-state index contributed by atoms with van der Waals surface area (Å²) in [6.45, 7) is 7.41. The number of Topliss-reactive ketones (excluding diaryl/α,β-unsaturated/α-hetero) is 1. The second-order valence-corrected chi connectivity index (χ2v) is 32.7. The van der Waals surface area contributed by atoms with Crippen LogP contribution in [0, 0.1) is 0 Å². The lowest BCUT2D eigenvalue weighted by Crippen LogP contribution is -2.69. The number of ether oxygens (including phenoxy) is 11. The van der Waals surface area contributed by atoms with E-state index in [9.17, 15) is 34.3 Å². The first-order valence-corrected chi connectivity index (χ1v) is 39.6. The first-order chi connectivity index (χ1) is 54.5. The molecule has 2 fully saturated rings. The average molecular weight is 1540 g/mol. The Morgan fingerprint density at radius 3 is 1.42 bits per heavy atom. The molecule has 0 aliphatic carbocycles. The van der Waals surface area contributed by atoms with Gasteiger partial charge in [0.1, 0.15) is 62.2 Å². The zero-order chi connectivity index (χ0) is 78.5. The van der Waals surface area contributed by atoms with Gasteiger partial charge in [0.25, 0.3) is 8.32 Å². The molecule has 1 amide bonds. The van der Waals surface area contributed by atoms with Crippen LogP contribution in [-0.4, -0.2) is 137 Å². The van der Waals surface area contributed by atoms with Crippen LogP contribution in [0.2, 0.25) is 5.04 Å². The molecule has 0 aromatic heterocycles. The van der Waals surface area contributed by atoms with Gasteiger partial charge in [0, 0.05) is 31.0 Å². The fourth-order valence-corrected chi connectivity index (χ4v) is 18.2. The van der Waals surface area contributed by atoms with Crippen LogP contribution in [0.5, 0.6) is 0 Å². The lowest BCUT2D eigenvalue weighted by molar-refractivity contribution is -0.351. The van der Waals surface area contributed by atoms with E-state index in [2.05, 4.69) is 55.1 Å². The van der Waals surface area contributed by atoms with E-state index in [1.807, 2.05) is 158 Å². The van der Waals surface area contributed by atoms with E-state index in [0.717, 1.165) is 32.6 Å². The van der Waals surface area contributed by atoms with Crippen molar-refractivity contribution in [3.05, 3.63) is 322 Å². The highest BCUT2D eigenvalue weighted by Gasteiger charge is 2.57. The van der Waals surface area contributed by atoms with Crippen LogP contribution >= 0.6 is 0 Å². The highest BCUT2D eigenvalue weighted by molar-refractivity contribution is 6.99. The third-order valence-corrected chi connectivity index (χ3v) is 24.3. The van der Waals surface area contributed by atoms with Crippen LogP contribution in [-0.2, 0) is 99.1 Å².